The summed E-state index contributed by atoms with van der Waals surface area (Å²) in [5, 5.41) is 18.5. The van der Waals surface area contributed by atoms with Crippen LogP contribution in [0.2, 0.25) is 0 Å². The summed E-state index contributed by atoms with van der Waals surface area (Å²) in [6, 6.07) is 0. The van der Waals surface area contributed by atoms with Gasteiger partial charge in [-0.25, -0.2) is 16.7 Å². The van der Waals surface area contributed by atoms with Crippen LogP contribution < -0.4 is 90.3 Å². The van der Waals surface area contributed by atoms with Crippen LogP contribution in [0, 0.1) is 79.8 Å². The Morgan fingerprint density at radius 2 is 0.718 bits per heavy atom. The van der Waals surface area contributed by atoms with Gasteiger partial charge >= 0.3 is 29.6 Å². The fourth-order valence-corrected chi connectivity index (χ4v) is 9.07. The molecule has 0 aliphatic heterocycles. The van der Waals surface area contributed by atoms with E-state index in [0.717, 1.165) is 38.5 Å². The van der Waals surface area contributed by atoms with Crippen LogP contribution >= 0.6 is 0 Å². The zero-order valence-electron chi connectivity index (χ0n) is 53.1. The average Bonchev–Trinajstić information content (AvgIpc) is 3.28. The van der Waals surface area contributed by atoms with Crippen molar-refractivity contribution in [3.05, 3.63) is 6.57 Å². The maximum atomic E-state index is 12.0. The van der Waals surface area contributed by atoms with E-state index in [0.29, 0.717) is 74.8 Å². The van der Waals surface area contributed by atoms with E-state index in [1.807, 2.05) is 5.43 Å². The molecule has 0 fully saturated rings. The molecular formula is C57H116BN13NaO6. The van der Waals surface area contributed by atoms with Gasteiger partial charge in [0.05, 0.1) is 0 Å². The molecule has 0 saturated heterocycles. The number of nitrogens with one attached hydrogen (secondary N) is 7. The smallest absolute Gasteiger partial charge is 0.512 e. The topological polar surface area (TPSA) is 327 Å². The van der Waals surface area contributed by atoms with Crippen LogP contribution in [-0.2, 0) is 28.8 Å². The van der Waals surface area contributed by atoms with Crippen molar-refractivity contribution < 1.29 is 58.3 Å². The van der Waals surface area contributed by atoms with Crippen molar-refractivity contribution in [2.45, 2.75) is 202 Å². The van der Waals surface area contributed by atoms with Crippen molar-refractivity contribution in [3.63, 3.8) is 0 Å². The third kappa shape index (κ3) is 51.0. The summed E-state index contributed by atoms with van der Waals surface area (Å²) in [6.07, 6.45) is 6.95. The van der Waals surface area contributed by atoms with Gasteiger partial charge in [0.15, 0.2) is 0 Å². The molecule has 0 aliphatic rings. The molecule has 0 aliphatic carbocycles. The molecule has 0 spiro atoms. The summed E-state index contributed by atoms with van der Waals surface area (Å²) >= 11 is 0. The summed E-state index contributed by atoms with van der Waals surface area (Å²) in [4.78, 5) is 69.8. The molecule has 449 valence electrons. The second kappa shape index (κ2) is 43.6. The first-order chi connectivity index (χ1) is 34.7. The van der Waals surface area contributed by atoms with Gasteiger partial charge in [0, 0.05) is 80.3 Å². The standard InChI is InChI=1S/C19H40N4O2.C19H38N4O2.C18H38N4O2.CN.B.Na/c2*1-18(2,3)11-14(10-15(12-20)19(4,5)6)13-22-16(24)8-9-17(25)23-21-7;1-17(2,3)10-13(9-14(11-19)18(4,5)6)12-21-15(23)7-8-16(24)22-20;1-2;;/h14-15,21H,8-13,20H2,1-7H3,(H,22,24)(H,23,25);14-15H,7-13,20H2,1-6H3,(H,22,24)(H,23,25);13-14H,7-12,19-20H2,1-6H3,(H,21,23)(H,22,24);;;/q;;;-1;;+1. The van der Waals surface area contributed by atoms with E-state index in [-0.39, 0.29) is 144 Å². The minimum absolute atomic E-state index is 0. The van der Waals surface area contributed by atoms with Crippen LogP contribution in [0.3, 0.4) is 0 Å². The van der Waals surface area contributed by atoms with Crippen molar-refractivity contribution in [2.24, 2.45) is 96.1 Å². The van der Waals surface area contributed by atoms with Gasteiger partial charge in [-0.3, -0.25) is 39.6 Å². The van der Waals surface area contributed by atoms with Crippen LogP contribution in [0.5, 0.6) is 0 Å². The van der Waals surface area contributed by atoms with E-state index >= 15 is 0 Å². The Bertz CT molecular complexity index is 1680. The predicted octanol–water partition coefficient (Wildman–Crippen LogP) is 3.53. The largest absolute Gasteiger partial charge is 1.00 e. The van der Waals surface area contributed by atoms with Gasteiger partial charge in [0.25, 0.3) is 0 Å². The molecule has 15 N–H and O–H groups in total. The van der Waals surface area contributed by atoms with Crippen LogP contribution in [0.25, 0.3) is 0 Å². The van der Waals surface area contributed by atoms with Crippen molar-refractivity contribution >= 4 is 50.6 Å². The van der Waals surface area contributed by atoms with Crippen molar-refractivity contribution in [2.75, 3.05) is 46.3 Å². The molecule has 0 bridgehead atoms. The molecule has 0 heterocycles. The van der Waals surface area contributed by atoms with Gasteiger partial charge in [-0.15, -0.1) is 0 Å². The van der Waals surface area contributed by atoms with Gasteiger partial charge in [-0.05, 0) is 126 Å². The van der Waals surface area contributed by atoms with E-state index in [9.17, 15) is 28.8 Å². The minimum atomic E-state index is -0.327. The Hall–Kier alpha value is -3.16. The van der Waals surface area contributed by atoms with Gasteiger partial charge < -0.3 is 45.0 Å². The molecule has 0 aromatic carbocycles. The minimum Gasteiger partial charge on any atom is -0.512 e. The van der Waals surface area contributed by atoms with Gasteiger partial charge in [0.1, 0.15) is 0 Å². The monoisotopic (exact) mass is 1110 g/mol. The van der Waals surface area contributed by atoms with Gasteiger partial charge in [0.2, 0.25) is 35.4 Å². The summed E-state index contributed by atoms with van der Waals surface area (Å²) in [7, 11) is 1.62. The van der Waals surface area contributed by atoms with Crippen molar-refractivity contribution in [1.29, 1.82) is 5.26 Å². The number of nitrogens with two attached hydrogens (primary N) is 4. The van der Waals surface area contributed by atoms with Crippen LogP contribution in [0.1, 0.15) is 202 Å². The Labute approximate surface area is 499 Å². The van der Waals surface area contributed by atoms with Crippen molar-refractivity contribution in [3.8, 4) is 0 Å². The molecule has 3 radical (unpaired) electrons. The molecule has 0 rings (SSSR count). The van der Waals surface area contributed by atoms with Crippen molar-refractivity contribution in [1.82, 2.24) is 37.7 Å². The maximum Gasteiger partial charge on any atom is 1.00 e. The Balaban J connectivity index is -0.000000242. The number of hydrazone groups is 1. The summed E-state index contributed by atoms with van der Waals surface area (Å²) in [6.45, 7) is 51.6. The molecule has 6 atom stereocenters. The third-order valence-electron chi connectivity index (χ3n) is 13.2. The number of nitrogens with zero attached hydrogens (tertiary/aromatic N) is 2. The maximum absolute atomic E-state index is 12.0. The van der Waals surface area contributed by atoms with Crippen LogP contribution in [-0.4, -0.2) is 96.9 Å². The summed E-state index contributed by atoms with van der Waals surface area (Å²) in [5.41, 5.74) is 28.3. The van der Waals surface area contributed by atoms with E-state index in [1.165, 1.54) is 0 Å². The normalized spacial score (nSPS) is 14.0. The zero-order chi connectivity index (χ0) is 60.3. The molecule has 21 heteroatoms. The molecule has 19 nitrogen and oxygen atoms in total. The number of rotatable bonds is 29. The predicted molar refractivity (Wildman–Crippen MR) is 317 cm³/mol. The van der Waals surface area contributed by atoms with Gasteiger partial charge in [-0.2, -0.15) is 5.10 Å². The number of hydrogen-bond acceptors (Lipinski definition) is 13. The second-order valence-corrected chi connectivity index (χ2v) is 27.5. The molecule has 0 saturated carbocycles. The van der Waals surface area contributed by atoms with E-state index in [4.69, 9.17) is 34.9 Å². The SMILES string of the molecule is C=NNC(=O)CCC(=O)NCC(CC(CN)C(C)(C)C)CC(C)(C)C.CC(C)(C)CC(CNC(=O)CCC(=O)NN)CC(CN)C(C)(C)C.CNNC(=O)CCC(=O)NCC(CC(CN)C(C)(C)C)CC(C)(C)C.[B].[C-]#N.[Na+]. The molecule has 6 unspecified atom stereocenters. The number of carbonyl (C=O) groups is 6. The molecular weight excluding hydrogens is 997 g/mol. The summed E-state index contributed by atoms with van der Waals surface area (Å²) in [5.74, 6) is 6.24. The third-order valence-corrected chi connectivity index (χ3v) is 13.2. The molecule has 0 aromatic rings. The first-order valence-corrected chi connectivity index (χ1v) is 27.5. The van der Waals surface area contributed by atoms with Crippen LogP contribution in [0.15, 0.2) is 5.10 Å². The fourth-order valence-electron chi connectivity index (χ4n) is 9.07. The number of hydrazine groups is 2. The zero-order valence-corrected chi connectivity index (χ0v) is 55.1. The average molecular weight is 1110 g/mol. The first-order valence-electron chi connectivity index (χ1n) is 27.5. The number of hydrogen-bond donors (Lipinski definition) is 11. The van der Waals surface area contributed by atoms with Gasteiger partial charge in [-0.1, -0.05) is 125 Å². The van der Waals surface area contributed by atoms with Crippen LogP contribution in [0.4, 0.5) is 0 Å². The second-order valence-electron chi connectivity index (χ2n) is 27.5. The first kappa shape index (κ1) is 86.1. The number of amides is 6. The summed E-state index contributed by atoms with van der Waals surface area (Å²) < 4.78 is 0. The molecule has 0 aromatic heterocycles. The Kier molecular flexibility index (Phi) is 48.1. The van der Waals surface area contributed by atoms with E-state index < -0.39 is 0 Å². The fraction of sp³-hybridized carbons (Fsp3) is 0.860. The van der Waals surface area contributed by atoms with E-state index in [2.05, 4.69) is 169 Å². The number of carbonyl (C=O) groups excluding carboxylic acids is 6. The molecule has 6 amide bonds. The quantitative estimate of drug-likeness (QED) is 0.0128. The Morgan fingerprint density at radius 1 is 0.474 bits per heavy atom. The Morgan fingerprint density at radius 3 is 0.923 bits per heavy atom. The molecule has 78 heavy (non-hydrogen) atoms. The van der Waals surface area contributed by atoms with E-state index in [1.54, 1.807) is 7.05 Å².